The van der Waals surface area contributed by atoms with E-state index in [1.54, 1.807) is 14.2 Å². The van der Waals surface area contributed by atoms with E-state index in [2.05, 4.69) is 21.9 Å². The average Bonchev–Trinajstić information content (AvgIpc) is 2.73. The minimum atomic E-state index is -0.548. The molecular formula is C22H32Cl2N2O3. The van der Waals surface area contributed by atoms with Crippen molar-refractivity contribution in [3.05, 3.63) is 58.1 Å². The van der Waals surface area contributed by atoms with Gasteiger partial charge in [0.25, 0.3) is 0 Å². The number of aliphatic hydroxyl groups is 1. The molecule has 0 aliphatic heterocycles. The molecular weight excluding hydrogens is 411 g/mol. The van der Waals surface area contributed by atoms with E-state index in [0.29, 0.717) is 16.6 Å². The molecule has 5 nitrogen and oxygen atoms in total. The Morgan fingerprint density at radius 1 is 1.07 bits per heavy atom. The minimum Gasteiger partial charge on any atom is -0.491 e. The second-order valence-electron chi connectivity index (χ2n) is 6.54. The highest BCUT2D eigenvalue weighted by atomic mass is 35.5. The molecule has 0 amide bonds. The van der Waals surface area contributed by atoms with Gasteiger partial charge in [0.05, 0.1) is 10.0 Å². The first-order valence-electron chi connectivity index (χ1n) is 9.58. The number of hydrogen-bond donors (Lipinski definition) is 2. The van der Waals surface area contributed by atoms with Gasteiger partial charge in [0.15, 0.2) is 0 Å². The Morgan fingerprint density at radius 3 is 2.28 bits per heavy atom. The average molecular weight is 443 g/mol. The molecule has 2 aromatic carbocycles. The topological polar surface area (TPSA) is 54.0 Å². The van der Waals surface area contributed by atoms with Crippen LogP contribution in [0.4, 0.5) is 5.69 Å². The summed E-state index contributed by atoms with van der Waals surface area (Å²) < 4.78 is 9.92. The zero-order chi connectivity index (χ0) is 21.6. The third kappa shape index (κ3) is 10.2. The largest absolute Gasteiger partial charge is 0.491 e. The summed E-state index contributed by atoms with van der Waals surface area (Å²) in [5.74, 6) is 0.752. The Morgan fingerprint density at radius 2 is 1.72 bits per heavy atom. The predicted octanol–water partition coefficient (Wildman–Crippen LogP) is 4.60. The van der Waals surface area contributed by atoms with E-state index in [4.69, 9.17) is 27.9 Å². The lowest BCUT2D eigenvalue weighted by Gasteiger charge is -2.23. The van der Waals surface area contributed by atoms with Crippen LogP contribution in [0.2, 0.25) is 10.0 Å². The fourth-order valence-corrected chi connectivity index (χ4v) is 2.94. The smallest absolute Gasteiger partial charge is 0.119 e. The van der Waals surface area contributed by atoms with Crippen LogP contribution in [0, 0.1) is 0 Å². The molecule has 2 N–H and O–H groups in total. The number of hydrogen-bond acceptors (Lipinski definition) is 5. The second-order valence-corrected chi connectivity index (χ2v) is 7.35. The predicted molar refractivity (Wildman–Crippen MR) is 123 cm³/mol. The van der Waals surface area contributed by atoms with Crippen LogP contribution in [0.15, 0.2) is 42.5 Å². The lowest BCUT2D eigenvalue weighted by Crippen LogP contribution is -2.36. The van der Waals surface area contributed by atoms with Gasteiger partial charge in [0.1, 0.15) is 18.5 Å². The maximum Gasteiger partial charge on any atom is 0.119 e. The summed E-state index contributed by atoms with van der Waals surface area (Å²) >= 11 is 12.0. The van der Waals surface area contributed by atoms with Gasteiger partial charge >= 0.3 is 0 Å². The summed E-state index contributed by atoms with van der Waals surface area (Å²) in [4.78, 5) is 2.20. The molecule has 1 unspecified atom stereocenters. The van der Waals surface area contributed by atoms with Crippen molar-refractivity contribution in [2.75, 3.05) is 52.8 Å². The van der Waals surface area contributed by atoms with E-state index in [1.807, 2.05) is 49.5 Å². The lowest BCUT2D eigenvalue weighted by molar-refractivity contribution is 0.0702. The fourth-order valence-electron chi connectivity index (χ4n) is 2.62. The number of rotatable bonds is 10. The number of nitrogens with one attached hydrogen (secondary N) is 1. The maximum atomic E-state index is 10.3. The van der Waals surface area contributed by atoms with Gasteiger partial charge in [-0.3, -0.25) is 0 Å². The highest BCUT2D eigenvalue weighted by molar-refractivity contribution is 6.42. The molecule has 0 fully saturated rings. The second kappa shape index (κ2) is 14.5. The molecule has 0 aromatic heterocycles. The quantitative estimate of drug-likeness (QED) is 0.562. The standard InChI is InChI=1S/C20H26Cl2N2O2.C2H6O/c1-3-24(11-10-15-4-9-19(21)20(22)12-15)13-17(25)14-26-18-7-5-16(23-2)6-8-18;1-3-2/h4-9,12,17,23,25H,3,10-11,13-14H2,1-2H3;1-2H3. The van der Waals surface area contributed by atoms with E-state index < -0.39 is 6.10 Å². The summed E-state index contributed by atoms with van der Waals surface area (Å²) in [6, 6.07) is 13.4. The number of anilines is 1. The Bertz CT molecular complexity index is 699. The van der Waals surface area contributed by atoms with Crippen molar-refractivity contribution in [2.24, 2.45) is 0 Å². The summed E-state index contributed by atoms with van der Waals surface area (Å²) in [5, 5.41) is 14.5. The molecule has 0 bridgehead atoms. The van der Waals surface area contributed by atoms with Crippen LogP contribution in [0.3, 0.4) is 0 Å². The molecule has 7 heteroatoms. The number of methoxy groups -OCH3 is 1. The van der Waals surface area contributed by atoms with Crippen molar-refractivity contribution in [2.45, 2.75) is 19.4 Å². The monoisotopic (exact) mass is 442 g/mol. The number of aliphatic hydroxyl groups excluding tert-OH is 1. The molecule has 0 aliphatic rings. The van der Waals surface area contributed by atoms with Crippen LogP contribution < -0.4 is 10.1 Å². The van der Waals surface area contributed by atoms with Crippen LogP contribution in [-0.2, 0) is 11.2 Å². The third-order valence-corrected chi connectivity index (χ3v) is 4.94. The van der Waals surface area contributed by atoms with Crippen molar-refractivity contribution in [3.63, 3.8) is 0 Å². The van der Waals surface area contributed by atoms with Gasteiger partial charge < -0.3 is 24.8 Å². The molecule has 0 heterocycles. The lowest BCUT2D eigenvalue weighted by atomic mass is 10.1. The molecule has 29 heavy (non-hydrogen) atoms. The highest BCUT2D eigenvalue weighted by Crippen LogP contribution is 2.23. The van der Waals surface area contributed by atoms with Gasteiger partial charge in [0, 0.05) is 40.0 Å². The van der Waals surface area contributed by atoms with Crippen molar-refractivity contribution in [3.8, 4) is 5.75 Å². The highest BCUT2D eigenvalue weighted by Gasteiger charge is 2.12. The zero-order valence-corrected chi connectivity index (χ0v) is 19.1. The van der Waals surface area contributed by atoms with Crippen molar-refractivity contribution in [1.82, 2.24) is 4.90 Å². The molecule has 0 spiro atoms. The van der Waals surface area contributed by atoms with E-state index in [0.717, 1.165) is 36.5 Å². The minimum absolute atomic E-state index is 0.266. The van der Waals surface area contributed by atoms with E-state index in [1.165, 1.54) is 0 Å². The first-order chi connectivity index (χ1) is 13.9. The third-order valence-electron chi connectivity index (χ3n) is 4.20. The summed E-state index contributed by atoms with van der Waals surface area (Å²) in [5.41, 5.74) is 2.16. The summed E-state index contributed by atoms with van der Waals surface area (Å²) in [6.07, 6.45) is 0.303. The molecule has 0 saturated carbocycles. The van der Waals surface area contributed by atoms with Gasteiger partial charge in [-0.15, -0.1) is 0 Å². The molecule has 1 atom stereocenters. The van der Waals surface area contributed by atoms with Crippen LogP contribution >= 0.6 is 23.2 Å². The van der Waals surface area contributed by atoms with Crippen molar-refractivity contribution < 1.29 is 14.6 Å². The summed E-state index contributed by atoms with van der Waals surface area (Å²) in [6.45, 7) is 4.60. The van der Waals surface area contributed by atoms with Crippen molar-refractivity contribution in [1.29, 1.82) is 0 Å². The van der Waals surface area contributed by atoms with Crippen molar-refractivity contribution >= 4 is 28.9 Å². The normalized spacial score (nSPS) is 11.6. The number of halogens is 2. The molecule has 162 valence electrons. The number of ether oxygens (including phenoxy) is 2. The molecule has 0 radical (unpaired) electrons. The van der Waals surface area contributed by atoms with Gasteiger partial charge in [-0.1, -0.05) is 36.2 Å². The van der Waals surface area contributed by atoms with Gasteiger partial charge in [-0.05, 0) is 54.9 Å². The SMILES string of the molecule is CCN(CCc1ccc(Cl)c(Cl)c1)CC(O)COc1ccc(NC)cc1.COC. The van der Waals surface area contributed by atoms with E-state index in [9.17, 15) is 5.11 Å². The zero-order valence-electron chi connectivity index (χ0n) is 17.6. The Balaban J connectivity index is 0.00000132. The molecule has 0 aliphatic carbocycles. The number of nitrogens with zero attached hydrogens (tertiary/aromatic N) is 1. The van der Waals surface area contributed by atoms with Crippen LogP contribution in [0.1, 0.15) is 12.5 Å². The molecule has 2 aromatic rings. The maximum absolute atomic E-state index is 10.3. The van der Waals surface area contributed by atoms with Crippen LogP contribution in [0.5, 0.6) is 5.75 Å². The van der Waals surface area contributed by atoms with Gasteiger partial charge in [-0.25, -0.2) is 0 Å². The number of likely N-dealkylation sites (N-methyl/N-ethyl adjacent to an activating group) is 1. The first kappa shape index (κ1) is 25.5. The van der Waals surface area contributed by atoms with Crippen LogP contribution in [-0.4, -0.2) is 63.6 Å². The van der Waals surface area contributed by atoms with Crippen LogP contribution in [0.25, 0.3) is 0 Å². The van der Waals surface area contributed by atoms with Gasteiger partial charge in [-0.2, -0.15) is 0 Å². The summed E-state index contributed by atoms with van der Waals surface area (Å²) in [7, 11) is 5.12. The Hall–Kier alpha value is -1.50. The fraction of sp³-hybridized carbons (Fsp3) is 0.455. The van der Waals surface area contributed by atoms with Gasteiger partial charge in [0.2, 0.25) is 0 Å². The molecule has 2 rings (SSSR count). The number of benzene rings is 2. The Labute approximate surface area is 184 Å². The first-order valence-corrected chi connectivity index (χ1v) is 10.3. The Kier molecular flexibility index (Phi) is 12.7. The molecule has 0 saturated heterocycles. The van der Waals surface area contributed by atoms with E-state index >= 15 is 0 Å². The van der Waals surface area contributed by atoms with E-state index in [-0.39, 0.29) is 6.61 Å².